The predicted octanol–water partition coefficient (Wildman–Crippen LogP) is 3.93. The van der Waals surface area contributed by atoms with E-state index in [-0.39, 0.29) is 12.2 Å². The fourth-order valence-electron chi connectivity index (χ4n) is 4.23. The van der Waals surface area contributed by atoms with Gasteiger partial charge in [0.15, 0.2) is 5.82 Å². The molecule has 1 aliphatic carbocycles. The first-order chi connectivity index (χ1) is 15.9. The Kier molecular flexibility index (Phi) is 5.63. The molecule has 0 atom stereocenters. The van der Waals surface area contributed by atoms with Gasteiger partial charge in [-0.25, -0.2) is 14.5 Å². The molecule has 1 fully saturated rings. The van der Waals surface area contributed by atoms with Gasteiger partial charge in [-0.1, -0.05) is 0 Å². The Hall–Kier alpha value is -3.59. The molecule has 0 amide bonds. The molecule has 0 aliphatic heterocycles. The lowest BCUT2D eigenvalue weighted by Crippen LogP contribution is -2.27. The number of aryl methyl sites for hydroxylation is 3. The highest BCUT2D eigenvalue weighted by Gasteiger charge is 2.23. The smallest absolute Gasteiger partial charge is 0.241 e. The largest absolute Gasteiger partial charge is 0.473 e. The van der Waals surface area contributed by atoms with Crippen LogP contribution in [0.4, 0.5) is 11.6 Å². The average molecular weight is 446 g/mol. The van der Waals surface area contributed by atoms with Gasteiger partial charge in [-0.2, -0.15) is 10.2 Å². The van der Waals surface area contributed by atoms with E-state index in [2.05, 4.69) is 36.6 Å². The topological polar surface area (TPSA) is 110 Å². The predicted molar refractivity (Wildman–Crippen MR) is 125 cm³/mol. The molecule has 2 N–H and O–H groups in total. The van der Waals surface area contributed by atoms with Gasteiger partial charge in [0.1, 0.15) is 17.7 Å². The van der Waals surface area contributed by atoms with Crippen molar-refractivity contribution in [3.05, 3.63) is 53.7 Å². The van der Waals surface area contributed by atoms with E-state index in [1.807, 2.05) is 55.7 Å². The van der Waals surface area contributed by atoms with Crippen LogP contribution >= 0.6 is 0 Å². The number of rotatable bonds is 5. The van der Waals surface area contributed by atoms with Gasteiger partial charge in [0.25, 0.3) is 0 Å². The molecular weight excluding hydrogens is 418 g/mol. The van der Waals surface area contributed by atoms with Crippen molar-refractivity contribution in [2.75, 3.05) is 5.32 Å². The van der Waals surface area contributed by atoms with Crippen molar-refractivity contribution in [1.82, 2.24) is 29.8 Å². The van der Waals surface area contributed by atoms with E-state index in [9.17, 15) is 5.11 Å². The van der Waals surface area contributed by atoms with Gasteiger partial charge in [-0.05, 0) is 70.2 Å². The lowest BCUT2D eigenvalue weighted by Gasteiger charge is -2.26. The van der Waals surface area contributed by atoms with Gasteiger partial charge in [-0.15, -0.1) is 5.10 Å². The number of anilines is 2. The van der Waals surface area contributed by atoms with Gasteiger partial charge in [0.05, 0.1) is 17.3 Å². The Morgan fingerprint density at radius 2 is 1.76 bits per heavy atom. The molecule has 9 nitrogen and oxygen atoms in total. The van der Waals surface area contributed by atoms with Crippen molar-refractivity contribution in [2.45, 2.75) is 58.7 Å². The second-order valence-corrected chi connectivity index (χ2v) is 8.63. The Bertz CT molecular complexity index is 1280. The van der Waals surface area contributed by atoms with Crippen LogP contribution in [0.2, 0.25) is 0 Å². The van der Waals surface area contributed by atoms with Gasteiger partial charge in [0, 0.05) is 29.6 Å². The van der Waals surface area contributed by atoms with Gasteiger partial charge in [-0.3, -0.25) is 0 Å². The molecule has 1 saturated carbocycles. The quantitative estimate of drug-likeness (QED) is 0.475. The zero-order valence-electron chi connectivity index (χ0n) is 19.0. The molecule has 4 heterocycles. The van der Waals surface area contributed by atoms with Crippen LogP contribution in [0.5, 0.6) is 5.88 Å². The summed E-state index contributed by atoms with van der Waals surface area (Å²) in [5.41, 5.74) is 4.53. The molecule has 0 bridgehead atoms. The highest BCUT2D eigenvalue weighted by molar-refractivity contribution is 5.74. The van der Waals surface area contributed by atoms with Crippen LogP contribution in [0.25, 0.3) is 16.6 Å². The number of pyridine rings is 1. The zero-order valence-corrected chi connectivity index (χ0v) is 19.0. The number of hydrogen-bond acceptors (Lipinski definition) is 8. The molecule has 0 aromatic carbocycles. The summed E-state index contributed by atoms with van der Waals surface area (Å²) >= 11 is 0. The third-order valence-corrected chi connectivity index (χ3v) is 5.80. The fourth-order valence-corrected chi connectivity index (χ4v) is 4.23. The normalized spacial score (nSPS) is 18.4. The maximum absolute atomic E-state index is 9.78. The van der Waals surface area contributed by atoms with E-state index in [4.69, 9.17) is 4.74 Å². The second-order valence-electron chi connectivity index (χ2n) is 8.63. The summed E-state index contributed by atoms with van der Waals surface area (Å²) in [6, 6.07) is 9.91. The molecule has 0 radical (unpaired) electrons. The molecule has 9 heteroatoms. The van der Waals surface area contributed by atoms with Gasteiger partial charge >= 0.3 is 0 Å². The summed E-state index contributed by atoms with van der Waals surface area (Å²) in [7, 11) is 0. The standard InChI is InChI=1S/C24H27N7O2/c1-14-11-22(26-16(3)25-14)27-23-13-18-12-17(8-9-31(18)30-23)21-10-15(2)28-29-24(21)33-20-6-4-19(32)5-7-20/h8-13,19-20,32H,4-7H2,1-3H3,(H,25,26,27,30). The monoisotopic (exact) mass is 445 g/mol. The highest BCUT2D eigenvalue weighted by Crippen LogP contribution is 2.32. The lowest BCUT2D eigenvalue weighted by atomic mass is 9.95. The number of fused-ring (bicyclic) bond motifs is 1. The first-order valence-electron chi connectivity index (χ1n) is 11.2. The average Bonchev–Trinajstić information content (AvgIpc) is 3.17. The molecule has 0 spiro atoms. The van der Waals surface area contributed by atoms with Crippen LogP contribution < -0.4 is 10.1 Å². The highest BCUT2D eigenvalue weighted by atomic mass is 16.5. The minimum atomic E-state index is -0.226. The number of nitrogens with zero attached hydrogens (tertiary/aromatic N) is 6. The van der Waals surface area contributed by atoms with Crippen LogP contribution in [0.3, 0.4) is 0 Å². The van der Waals surface area contributed by atoms with E-state index >= 15 is 0 Å². The molecule has 1 aliphatic rings. The summed E-state index contributed by atoms with van der Waals surface area (Å²) in [6.45, 7) is 5.73. The molecule has 170 valence electrons. The summed E-state index contributed by atoms with van der Waals surface area (Å²) in [5, 5.41) is 26.2. The van der Waals surface area contributed by atoms with Gasteiger partial charge in [0.2, 0.25) is 5.88 Å². The van der Waals surface area contributed by atoms with Crippen molar-refractivity contribution in [2.24, 2.45) is 0 Å². The molecule has 0 unspecified atom stereocenters. The van der Waals surface area contributed by atoms with Crippen LogP contribution in [0.1, 0.15) is 42.9 Å². The number of nitrogens with one attached hydrogen (secondary N) is 1. The Balaban J connectivity index is 1.43. The number of ether oxygens (including phenoxy) is 1. The molecule has 4 aromatic rings. The molecule has 0 saturated heterocycles. The summed E-state index contributed by atoms with van der Waals surface area (Å²) in [5.74, 6) is 2.65. The first kappa shape index (κ1) is 21.3. The van der Waals surface area contributed by atoms with E-state index in [0.29, 0.717) is 23.3 Å². The van der Waals surface area contributed by atoms with E-state index in [1.165, 1.54) is 0 Å². The van der Waals surface area contributed by atoms with Crippen molar-refractivity contribution in [3.63, 3.8) is 0 Å². The van der Waals surface area contributed by atoms with Crippen molar-refractivity contribution < 1.29 is 9.84 Å². The minimum absolute atomic E-state index is 0.0402. The van der Waals surface area contributed by atoms with Crippen LogP contribution in [-0.2, 0) is 0 Å². The first-order valence-corrected chi connectivity index (χ1v) is 11.2. The summed E-state index contributed by atoms with van der Waals surface area (Å²) in [4.78, 5) is 8.74. The van der Waals surface area contributed by atoms with Crippen LogP contribution in [0.15, 0.2) is 36.5 Å². The zero-order chi connectivity index (χ0) is 22.9. The van der Waals surface area contributed by atoms with Crippen molar-refractivity contribution >= 4 is 17.2 Å². The van der Waals surface area contributed by atoms with Crippen molar-refractivity contribution in [1.29, 1.82) is 0 Å². The number of aromatic nitrogens is 6. The Labute approximate surface area is 191 Å². The molecule has 5 rings (SSSR count). The second kappa shape index (κ2) is 8.74. The Morgan fingerprint density at radius 1 is 0.939 bits per heavy atom. The van der Waals surface area contributed by atoms with E-state index in [0.717, 1.165) is 53.7 Å². The maximum atomic E-state index is 9.78. The molecule has 4 aromatic heterocycles. The third kappa shape index (κ3) is 4.78. The van der Waals surface area contributed by atoms with Crippen molar-refractivity contribution in [3.8, 4) is 17.0 Å². The van der Waals surface area contributed by atoms with E-state index in [1.54, 1.807) is 0 Å². The summed E-state index contributed by atoms with van der Waals surface area (Å²) < 4.78 is 8.05. The Morgan fingerprint density at radius 3 is 2.55 bits per heavy atom. The number of hydrogen-bond donors (Lipinski definition) is 2. The van der Waals surface area contributed by atoms with Gasteiger partial charge < -0.3 is 15.2 Å². The number of aliphatic hydroxyl groups is 1. The summed E-state index contributed by atoms with van der Waals surface area (Å²) in [6.07, 6.45) is 4.87. The SMILES string of the molecule is Cc1cc(-c2ccn3nc(Nc4cc(C)nc(C)n4)cc3c2)c(OC2CCC(O)CC2)nn1. The number of aliphatic hydroxyl groups excluding tert-OH is 1. The fraction of sp³-hybridized carbons (Fsp3) is 0.375. The maximum Gasteiger partial charge on any atom is 0.241 e. The van der Waals surface area contributed by atoms with Crippen LogP contribution in [-0.4, -0.2) is 47.1 Å². The lowest BCUT2D eigenvalue weighted by molar-refractivity contribution is 0.0641. The minimum Gasteiger partial charge on any atom is -0.473 e. The molecular formula is C24H27N7O2. The molecule has 33 heavy (non-hydrogen) atoms. The van der Waals surface area contributed by atoms with Crippen LogP contribution in [0, 0.1) is 20.8 Å². The third-order valence-electron chi connectivity index (χ3n) is 5.80. The van der Waals surface area contributed by atoms with E-state index < -0.39 is 0 Å².